The molecule has 0 aromatic heterocycles. The van der Waals surface area contributed by atoms with Crippen LogP contribution in [0.15, 0.2) is 58.3 Å². The minimum absolute atomic E-state index is 0.212. The molecule has 2 atom stereocenters. The highest BCUT2D eigenvalue weighted by molar-refractivity contribution is 7.80. The van der Waals surface area contributed by atoms with E-state index in [-0.39, 0.29) is 24.9 Å². The van der Waals surface area contributed by atoms with Gasteiger partial charge >= 0.3 is 0 Å². The predicted octanol–water partition coefficient (Wildman–Crippen LogP) is 2.17. The minimum atomic E-state index is -0.536. The number of thiol groups is 2. The quantitative estimate of drug-likeness (QED) is 0.402. The molecule has 28 heavy (non-hydrogen) atoms. The molecule has 0 aliphatic heterocycles. The van der Waals surface area contributed by atoms with Crippen LogP contribution in [-0.4, -0.2) is 47.3 Å². The lowest BCUT2D eigenvalue weighted by atomic mass is 10.2. The summed E-state index contributed by atoms with van der Waals surface area (Å²) in [7, 11) is 0. The van der Waals surface area contributed by atoms with Crippen molar-refractivity contribution in [3.8, 4) is 0 Å². The summed E-state index contributed by atoms with van der Waals surface area (Å²) in [5.74, 6) is -0.423. The Labute approximate surface area is 176 Å². The number of benzene rings is 2. The average Bonchev–Trinajstić information content (AvgIpc) is 2.65. The summed E-state index contributed by atoms with van der Waals surface area (Å²) in [6.45, 7) is 3.74. The van der Waals surface area contributed by atoms with E-state index in [1.807, 2.05) is 12.1 Å². The monoisotopic (exact) mass is 422 g/mol. The van der Waals surface area contributed by atoms with Gasteiger partial charge < -0.3 is 20.8 Å². The van der Waals surface area contributed by atoms with Crippen molar-refractivity contribution in [2.24, 2.45) is 0 Å². The maximum Gasteiger partial charge on any atom is 0.252 e. The van der Waals surface area contributed by atoms with Crippen LogP contribution in [-0.2, 0) is 0 Å². The molecular weight excluding hydrogens is 396 g/mol. The molecule has 0 bridgehead atoms. The summed E-state index contributed by atoms with van der Waals surface area (Å²) in [4.78, 5) is 24.3. The zero-order chi connectivity index (χ0) is 21.1. The molecule has 6 nitrogen and oxygen atoms in total. The Morgan fingerprint density at radius 3 is 1.39 bits per heavy atom. The van der Waals surface area contributed by atoms with Crippen molar-refractivity contribution in [3.63, 3.8) is 0 Å². The molecule has 0 spiro atoms. The van der Waals surface area contributed by atoms with E-state index >= 15 is 0 Å². The average molecular weight is 423 g/mol. The van der Waals surface area contributed by atoms with Gasteiger partial charge in [-0.25, -0.2) is 0 Å². The lowest BCUT2D eigenvalue weighted by Crippen LogP contribution is -2.30. The molecule has 0 aliphatic carbocycles. The molecule has 0 aliphatic rings. The molecule has 2 aromatic carbocycles. The molecule has 152 valence electrons. The van der Waals surface area contributed by atoms with Crippen LogP contribution in [0.4, 0.5) is 0 Å². The lowest BCUT2D eigenvalue weighted by molar-refractivity contribution is 0.0915. The van der Waals surface area contributed by atoms with Crippen molar-refractivity contribution < 1.29 is 19.8 Å². The summed E-state index contributed by atoms with van der Waals surface area (Å²) >= 11 is 8.32. The zero-order valence-corrected chi connectivity index (χ0v) is 17.6. The second kappa shape index (κ2) is 12.5. The molecule has 8 heteroatoms. The third-order valence-electron chi connectivity index (χ3n) is 3.41. The van der Waals surface area contributed by atoms with Gasteiger partial charge in [-0.2, -0.15) is 0 Å². The summed E-state index contributed by atoms with van der Waals surface area (Å²) < 4.78 is 0. The molecule has 0 fully saturated rings. The number of aliphatic hydroxyl groups excluding tert-OH is 2. The van der Waals surface area contributed by atoms with Crippen LogP contribution in [0.1, 0.15) is 34.6 Å². The maximum absolute atomic E-state index is 11.5. The van der Waals surface area contributed by atoms with Crippen LogP contribution >= 0.6 is 25.3 Å². The van der Waals surface area contributed by atoms with Gasteiger partial charge in [-0.1, -0.05) is 24.3 Å². The first kappa shape index (κ1) is 24.0. The second-order valence-electron chi connectivity index (χ2n) is 6.15. The normalized spacial score (nSPS) is 12.2. The van der Waals surface area contributed by atoms with Crippen LogP contribution in [0.2, 0.25) is 0 Å². The number of amides is 2. The zero-order valence-electron chi connectivity index (χ0n) is 15.8. The molecular formula is C20H26N2O4S2. The van der Waals surface area contributed by atoms with Gasteiger partial charge in [0.15, 0.2) is 0 Å². The fourth-order valence-corrected chi connectivity index (χ4v) is 2.53. The van der Waals surface area contributed by atoms with Gasteiger partial charge in [0.1, 0.15) is 0 Å². The van der Waals surface area contributed by atoms with Crippen LogP contribution in [0.3, 0.4) is 0 Å². The minimum Gasteiger partial charge on any atom is -0.392 e. The third-order valence-corrected chi connectivity index (χ3v) is 4.19. The number of carbonyl (C=O) groups excluding carboxylic acids is 2. The van der Waals surface area contributed by atoms with Gasteiger partial charge in [0.2, 0.25) is 0 Å². The Morgan fingerprint density at radius 2 is 1.11 bits per heavy atom. The molecule has 2 aromatic rings. The van der Waals surface area contributed by atoms with Gasteiger partial charge in [-0.05, 0) is 38.1 Å². The van der Waals surface area contributed by atoms with Crippen molar-refractivity contribution >= 4 is 37.1 Å². The molecule has 2 rings (SSSR count). The summed E-state index contributed by atoms with van der Waals surface area (Å²) in [5, 5.41) is 23.2. The number of aliphatic hydroxyl groups is 2. The summed E-state index contributed by atoms with van der Waals surface area (Å²) in [6, 6.07) is 14.1. The molecule has 4 N–H and O–H groups in total. The summed E-state index contributed by atoms with van der Waals surface area (Å²) in [6.07, 6.45) is -1.07. The third kappa shape index (κ3) is 8.79. The first-order chi connectivity index (χ1) is 13.2. The standard InChI is InChI=1S/2C10H13NO2S/c2*1-7(12)6-11-10(13)8-4-2-3-5-9(8)14/h2*2-5,7,12,14H,6H2,1H3,(H,11,13). The van der Waals surface area contributed by atoms with Crippen molar-refractivity contribution in [2.75, 3.05) is 13.1 Å². The van der Waals surface area contributed by atoms with Crippen molar-refractivity contribution in [2.45, 2.75) is 35.8 Å². The molecule has 0 radical (unpaired) electrons. The van der Waals surface area contributed by atoms with Crippen molar-refractivity contribution in [3.05, 3.63) is 59.7 Å². The van der Waals surface area contributed by atoms with Gasteiger partial charge in [0, 0.05) is 22.9 Å². The van der Waals surface area contributed by atoms with E-state index in [9.17, 15) is 9.59 Å². The SMILES string of the molecule is CC(O)CNC(=O)c1ccccc1S.CC(O)CNC(=O)c1ccccc1S. The van der Waals surface area contributed by atoms with Gasteiger partial charge in [0.25, 0.3) is 11.8 Å². The van der Waals surface area contributed by atoms with E-state index < -0.39 is 12.2 Å². The number of hydrogen-bond donors (Lipinski definition) is 6. The highest BCUT2D eigenvalue weighted by Gasteiger charge is 2.09. The number of hydrogen-bond acceptors (Lipinski definition) is 6. The maximum atomic E-state index is 11.5. The van der Waals surface area contributed by atoms with Crippen molar-refractivity contribution in [1.29, 1.82) is 0 Å². The Kier molecular flexibility index (Phi) is 10.7. The predicted molar refractivity (Wildman–Crippen MR) is 115 cm³/mol. The second-order valence-corrected chi connectivity index (χ2v) is 7.12. The Balaban J connectivity index is 0.000000280. The fraction of sp³-hybridized carbons (Fsp3) is 0.300. The van der Waals surface area contributed by atoms with Crippen LogP contribution in [0.25, 0.3) is 0 Å². The topological polar surface area (TPSA) is 98.7 Å². The largest absolute Gasteiger partial charge is 0.392 e. The fourth-order valence-electron chi connectivity index (χ4n) is 2.00. The Hall–Kier alpha value is -2.00. The Morgan fingerprint density at radius 1 is 0.786 bits per heavy atom. The van der Waals surface area contributed by atoms with Crippen LogP contribution < -0.4 is 10.6 Å². The highest BCUT2D eigenvalue weighted by atomic mass is 32.1. The van der Waals surface area contributed by atoms with E-state index in [2.05, 4.69) is 35.9 Å². The van der Waals surface area contributed by atoms with Crippen LogP contribution in [0.5, 0.6) is 0 Å². The van der Waals surface area contributed by atoms with Gasteiger partial charge in [-0.3, -0.25) is 9.59 Å². The van der Waals surface area contributed by atoms with Crippen LogP contribution in [0, 0.1) is 0 Å². The molecule has 0 saturated heterocycles. The van der Waals surface area contributed by atoms with Gasteiger partial charge in [-0.15, -0.1) is 25.3 Å². The van der Waals surface area contributed by atoms with E-state index in [4.69, 9.17) is 10.2 Å². The number of nitrogens with one attached hydrogen (secondary N) is 2. The molecule has 0 saturated carbocycles. The highest BCUT2D eigenvalue weighted by Crippen LogP contribution is 2.13. The number of rotatable bonds is 6. The van der Waals surface area contributed by atoms with E-state index in [1.54, 1.807) is 50.2 Å². The van der Waals surface area contributed by atoms with Crippen molar-refractivity contribution in [1.82, 2.24) is 10.6 Å². The first-order valence-corrected chi connectivity index (χ1v) is 9.60. The van der Waals surface area contributed by atoms with E-state index in [0.29, 0.717) is 20.9 Å². The smallest absolute Gasteiger partial charge is 0.252 e. The lowest BCUT2D eigenvalue weighted by Gasteiger charge is -2.08. The Bertz CT molecular complexity index is 717. The van der Waals surface area contributed by atoms with E-state index in [0.717, 1.165) is 0 Å². The number of carbonyl (C=O) groups is 2. The first-order valence-electron chi connectivity index (χ1n) is 8.70. The van der Waals surface area contributed by atoms with E-state index in [1.165, 1.54) is 0 Å². The van der Waals surface area contributed by atoms with Gasteiger partial charge in [0.05, 0.1) is 23.3 Å². The molecule has 2 unspecified atom stereocenters. The summed E-state index contributed by atoms with van der Waals surface area (Å²) in [5.41, 5.74) is 1.05. The molecule has 2 amide bonds. The molecule has 0 heterocycles.